The van der Waals surface area contributed by atoms with E-state index in [0.29, 0.717) is 10.9 Å². The molecule has 0 unspecified atom stereocenters. The zero-order chi connectivity index (χ0) is 12.3. The van der Waals surface area contributed by atoms with Gasteiger partial charge >= 0.3 is 0 Å². The van der Waals surface area contributed by atoms with Crippen LogP contribution in [-0.2, 0) is 5.33 Å². The highest BCUT2D eigenvalue weighted by Crippen LogP contribution is 2.30. The zero-order valence-corrected chi connectivity index (χ0v) is 10.4. The molecule has 0 aromatic heterocycles. The Balaban J connectivity index is 2.39. The molecule has 0 radical (unpaired) electrons. The minimum Gasteiger partial charge on any atom is -0.451 e. The monoisotopic (exact) mass is 298 g/mol. The fourth-order valence-corrected chi connectivity index (χ4v) is 1.85. The Morgan fingerprint density at radius 2 is 1.65 bits per heavy atom. The first-order valence-electron chi connectivity index (χ1n) is 4.98. The van der Waals surface area contributed by atoms with Gasteiger partial charge in [0.15, 0.2) is 23.1 Å². The Labute approximate surface area is 106 Å². The van der Waals surface area contributed by atoms with Crippen LogP contribution in [0, 0.1) is 11.6 Å². The summed E-state index contributed by atoms with van der Waals surface area (Å²) in [7, 11) is 0. The lowest BCUT2D eigenvalue weighted by molar-refractivity contribution is 0.411. The minimum absolute atomic E-state index is 0.0137. The van der Waals surface area contributed by atoms with Crippen molar-refractivity contribution in [1.82, 2.24) is 0 Å². The van der Waals surface area contributed by atoms with E-state index in [0.717, 1.165) is 0 Å². The Hall–Kier alpha value is -1.42. The maximum atomic E-state index is 13.6. The third kappa shape index (κ3) is 2.64. The molecule has 0 saturated carbocycles. The molecular formula is C13H9BrF2O. The van der Waals surface area contributed by atoms with Crippen molar-refractivity contribution >= 4 is 15.9 Å². The first kappa shape index (κ1) is 12.0. The van der Waals surface area contributed by atoms with Crippen molar-refractivity contribution in [2.45, 2.75) is 5.33 Å². The number of benzene rings is 2. The summed E-state index contributed by atoms with van der Waals surface area (Å²) >= 11 is 3.23. The smallest absolute Gasteiger partial charge is 0.167 e. The highest BCUT2D eigenvalue weighted by Gasteiger charge is 2.12. The largest absolute Gasteiger partial charge is 0.451 e. The summed E-state index contributed by atoms with van der Waals surface area (Å²) in [6.45, 7) is 0. The number of rotatable bonds is 3. The Bertz CT molecular complexity index is 529. The minimum atomic E-state index is -0.517. The third-order valence-electron chi connectivity index (χ3n) is 2.24. The fraction of sp³-hybridized carbons (Fsp3) is 0.0769. The molecule has 17 heavy (non-hydrogen) atoms. The average molecular weight is 299 g/mol. The molecule has 0 bridgehead atoms. The predicted octanol–water partition coefficient (Wildman–Crippen LogP) is 4.65. The van der Waals surface area contributed by atoms with Crippen LogP contribution in [0.25, 0.3) is 0 Å². The molecule has 0 N–H and O–H groups in total. The molecule has 2 aromatic rings. The number of hydrogen-bond acceptors (Lipinski definition) is 1. The van der Waals surface area contributed by atoms with E-state index in [4.69, 9.17) is 4.74 Å². The van der Waals surface area contributed by atoms with Gasteiger partial charge < -0.3 is 4.74 Å². The second-order valence-electron chi connectivity index (χ2n) is 3.39. The first-order valence-corrected chi connectivity index (χ1v) is 6.10. The van der Waals surface area contributed by atoms with E-state index < -0.39 is 11.6 Å². The summed E-state index contributed by atoms with van der Waals surface area (Å²) in [5, 5.41) is 0.439. The van der Waals surface area contributed by atoms with E-state index in [1.54, 1.807) is 24.3 Å². The molecule has 0 aliphatic heterocycles. The molecule has 0 amide bonds. The van der Waals surface area contributed by atoms with Gasteiger partial charge in [-0.25, -0.2) is 8.78 Å². The highest BCUT2D eigenvalue weighted by atomic mass is 79.9. The fourth-order valence-electron chi connectivity index (χ4n) is 1.41. The van der Waals surface area contributed by atoms with Crippen LogP contribution in [0.15, 0.2) is 42.5 Å². The molecule has 88 valence electrons. The van der Waals surface area contributed by atoms with Crippen LogP contribution in [-0.4, -0.2) is 0 Å². The van der Waals surface area contributed by atoms with E-state index in [-0.39, 0.29) is 11.5 Å². The second-order valence-corrected chi connectivity index (χ2v) is 3.95. The molecule has 0 fully saturated rings. The van der Waals surface area contributed by atoms with Gasteiger partial charge in [0.05, 0.1) is 0 Å². The molecule has 4 heteroatoms. The van der Waals surface area contributed by atoms with Crippen molar-refractivity contribution < 1.29 is 13.5 Å². The van der Waals surface area contributed by atoms with Gasteiger partial charge in [0.25, 0.3) is 0 Å². The topological polar surface area (TPSA) is 9.23 Å². The van der Waals surface area contributed by atoms with Crippen molar-refractivity contribution in [2.24, 2.45) is 0 Å². The number of ether oxygens (including phenoxy) is 1. The average Bonchev–Trinajstić information content (AvgIpc) is 2.34. The summed E-state index contributed by atoms with van der Waals surface area (Å²) in [5.74, 6) is -0.962. The van der Waals surface area contributed by atoms with Gasteiger partial charge in [0.2, 0.25) is 0 Å². The lowest BCUT2D eigenvalue weighted by Gasteiger charge is -2.10. The molecule has 1 nitrogen and oxygen atoms in total. The van der Waals surface area contributed by atoms with Crippen LogP contribution < -0.4 is 4.74 Å². The van der Waals surface area contributed by atoms with E-state index >= 15 is 0 Å². The molecule has 0 aliphatic rings. The summed E-state index contributed by atoms with van der Waals surface area (Å²) < 4.78 is 32.3. The summed E-state index contributed by atoms with van der Waals surface area (Å²) in [5.41, 5.74) is 0.633. The molecular weight excluding hydrogens is 290 g/mol. The molecule has 2 rings (SSSR count). The molecule has 0 spiro atoms. The lowest BCUT2D eigenvalue weighted by atomic mass is 10.2. The van der Waals surface area contributed by atoms with Gasteiger partial charge in [-0.2, -0.15) is 0 Å². The number of alkyl halides is 1. The van der Waals surface area contributed by atoms with Gasteiger partial charge in [-0.3, -0.25) is 0 Å². The van der Waals surface area contributed by atoms with Crippen molar-refractivity contribution in [3.63, 3.8) is 0 Å². The summed E-state index contributed by atoms with van der Waals surface area (Å²) in [4.78, 5) is 0. The highest BCUT2D eigenvalue weighted by molar-refractivity contribution is 9.08. The zero-order valence-electron chi connectivity index (χ0n) is 8.79. The SMILES string of the molecule is Fc1ccccc1Oc1c(F)cccc1CBr. The molecule has 0 heterocycles. The summed E-state index contributed by atoms with van der Waals surface area (Å²) in [6, 6.07) is 10.5. The number of para-hydroxylation sites is 2. The Morgan fingerprint density at radius 3 is 2.35 bits per heavy atom. The Kier molecular flexibility index (Phi) is 3.74. The van der Waals surface area contributed by atoms with Crippen molar-refractivity contribution in [3.8, 4) is 11.5 Å². The second kappa shape index (κ2) is 5.27. The quantitative estimate of drug-likeness (QED) is 0.749. The van der Waals surface area contributed by atoms with Crippen LogP contribution >= 0.6 is 15.9 Å². The number of halogens is 3. The normalized spacial score (nSPS) is 10.3. The maximum absolute atomic E-state index is 13.6. The van der Waals surface area contributed by atoms with Gasteiger partial charge in [0.1, 0.15) is 0 Å². The first-order chi connectivity index (χ1) is 8.22. The van der Waals surface area contributed by atoms with Crippen molar-refractivity contribution in [2.75, 3.05) is 0 Å². The van der Waals surface area contributed by atoms with E-state index in [1.165, 1.54) is 18.2 Å². The molecule has 2 aromatic carbocycles. The van der Waals surface area contributed by atoms with Gasteiger partial charge in [0, 0.05) is 10.9 Å². The van der Waals surface area contributed by atoms with Gasteiger partial charge in [-0.15, -0.1) is 0 Å². The summed E-state index contributed by atoms with van der Waals surface area (Å²) in [6.07, 6.45) is 0. The van der Waals surface area contributed by atoms with Crippen LogP contribution in [0.2, 0.25) is 0 Å². The van der Waals surface area contributed by atoms with Crippen LogP contribution in [0.5, 0.6) is 11.5 Å². The van der Waals surface area contributed by atoms with Gasteiger partial charge in [-0.05, 0) is 18.2 Å². The number of hydrogen-bond donors (Lipinski definition) is 0. The Morgan fingerprint density at radius 1 is 0.941 bits per heavy atom. The van der Waals surface area contributed by atoms with Gasteiger partial charge in [-0.1, -0.05) is 40.2 Å². The van der Waals surface area contributed by atoms with E-state index in [1.807, 2.05) is 0 Å². The standard InChI is InChI=1S/C13H9BrF2O/c14-8-9-4-3-6-11(16)13(9)17-12-7-2-1-5-10(12)15/h1-7H,8H2. The van der Waals surface area contributed by atoms with Crippen LogP contribution in [0.3, 0.4) is 0 Å². The van der Waals surface area contributed by atoms with E-state index in [9.17, 15) is 8.78 Å². The van der Waals surface area contributed by atoms with Crippen molar-refractivity contribution in [1.29, 1.82) is 0 Å². The molecule has 0 atom stereocenters. The molecule has 0 aliphatic carbocycles. The van der Waals surface area contributed by atoms with Crippen molar-refractivity contribution in [3.05, 3.63) is 59.7 Å². The maximum Gasteiger partial charge on any atom is 0.167 e. The predicted molar refractivity (Wildman–Crippen MR) is 65.5 cm³/mol. The van der Waals surface area contributed by atoms with Crippen LogP contribution in [0.1, 0.15) is 5.56 Å². The third-order valence-corrected chi connectivity index (χ3v) is 2.85. The van der Waals surface area contributed by atoms with Crippen LogP contribution in [0.4, 0.5) is 8.78 Å². The lowest BCUT2D eigenvalue weighted by Crippen LogP contribution is -1.94. The van der Waals surface area contributed by atoms with E-state index in [2.05, 4.69) is 15.9 Å². The molecule has 0 saturated heterocycles.